The van der Waals surface area contributed by atoms with Crippen molar-refractivity contribution in [1.29, 1.82) is 0 Å². The van der Waals surface area contributed by atoms with Gasteiger partial charge in [-0.2, -0.15) is 0 Å². The zero-order valence-corrected chi connectivity index (χ0v) is 12.9. The summed E-state index contributed by atoms with van der Waals surface area (Å²) in [6, 6.07) is 5.24. The summed E-state index contributed by atoms with van der Waals surface area (Å²) < 4.78 is 0.847. The summed E-state index contributed by atoms with van der Waals surface area (Å²) in [4.78, 5) is 24.3. The summed E-state index contributed by atoms with van der Waals surface area (Å²) in [5, 5.41) is 11.9. The topological polar surface area (TPSA) is 69.6 Å². The molecule has 1 aliphatic heterocycles. The van der Waals surface area contributed by atoms with E-state index in [9.17, 15) is 9.59 Å². The van der Waals surface area contributed by atoms with Crippen molar-refractivity contribution in [2.75, 3.05) is 25.0 Å². The van der Waals surface area contributed by atoms with Crippen molar-refractivity contribution in [3.05, 3.63) is 27.7 Å². The van der Waals surface area contributed by atoms with Gasteiger partial charge < -0.3 is 10.4 Å². The van der Waals surface area contributed by atoms with Crippen LogP contribution in [0.5, 0.6) is 0 Å². The van der Waals surface area contributed by atoms with Crippen LogP contribution in [0.1, 0.15) is 6.42 Å². The molecule has 0 bridgehead atoms. The van der Waals surface area contributed by atoms with Gasteiger partial charge in [0.2, 0.25) is 5.91 Å². The minimum absolute atomic E-state index is 0.150. The summed E-state index contributed by atoms with van der Waals surface area (Å²) >= 11 is 9.31. The molecule has 0 spiro atoms. The van der Waals surface area contributed by atoms with E-state index < -0.39 is 5.97 Å². The number of rotatable bonds is 5. The maximum absolute atomic E-state index is 11.8. The van der Waals surface area contributed by atoms with Crippen molar-refractivity contribution in [3.8, 4) is 0 Å². The standard InChI is InChI=1S/C13H14BrClN2O3/c14-9-1-2-11(10(15)4-9)16-12(18)7-17-5-8(6-17)3-13(19)20/h1-2,4,8H,3,5-7H2,(H,16,18)(H,19,20). The van der Waals surface area contributed by atoms with E-state index in [1.807, 2.05) is 4.90 Å². The fraction of sp³-hybridized carbons (Fsp3) is 0.385. The Hall–Kier alpha value is -1.11. The number of carbonyl (C=O) groups is 2. The third-order valence-corrected chi connectivity index (χ3v) is 3.87. The number of nitrogens with zero attached hydrogens (tertiary/aromatic N) is 1. The Morgan fingerprint density at radius 3 is 2.75 bits per heavy atom. The van der Waals surface area contributed by atoms with Crippen molar-refractivity contribution in [3.63, 3.8) is 0 Å². The van der Waals surface area contributed by atoms with Crippen LogP contribution in [0.15, 0.2) is 22.7 Å². The monoisotopic (exact) mass is 360 g/mol. The molecule has 0 aliphatic carbocycles. The van der Waals surface area contributed by atoms with E-state index in [2.05, 4.69) is 21.2 Å². The Bertz CT molecular complexity index is 532. The summed E-state index contributed by atoms with van der Waals surface area (Å²) in [6.45, 7) is 1.55. The lowest BCUT2D eigenvalue weighted by atomic mass is 9.96. The number of anilines is 1. The van der Waals surface area contributed by atoms with Crippen LogP contribution in [0.3, 0.4) is 0 Å². The van der Waals surface area contributed by atoms with Crippen LogP contribution < -0.4 is 5.32 Å². The molecule has 0 atom stereocenters. The lowest BCUT2D eigenvalue weighted by Gasteiger charge is -2.37. The van der Waals surface area contributed by atoms with Gasteiger partial charge in [-0.15, -0.1) is 0 Å². The summed E-state index contributed by atoms with van der Waals surface area (Å²) in [7, 11) is 0. The lowest BCUT2D eigenvalue weighted by molar-refractivity contribution is -0.139. The maximum Gasteiger partial charge on any atom is 0.303 e. The highest BCUT2D eigenvalue weighted by Gasteiger charge is 2.29. The second kappa shape index (κ2) is 6.56. The molecule has 20 heavy (non-hydrogen) atoms. The highest BCUT2D eigenvalue weighted by Crippen LogP contribution is 2.26. The first-order chi connectivity index (χ1) is 9.44. The van der Waals surface area contributed by atoms with Gasteiger partial charge in [0.1, 0.15) is 0 Å². The number of carbonyl (C=O) groups excluding carboxylic acids is 1. The van der Waals surface area contributed by atoms with E-state index in [-0.39, 0.29) is 24.8 Å². The van der Waals surface area contributed by atoms with Gasteiger partial charge in [-0.25, -0.2) is 0 Å². The average Bonchev–Trinajstić information content (AvgIpc) is 2.29. The van der Waals surface area contributed by atoms with E-state index in [1.165, 1.54) is 0 Å². The van der Waals surface area contributed by atoms with Crippen LogP contribution in [0.25, 0.3) is 0 Å². The smallest absolute Gasteiger partial charge is 0.303 e. The molecule has 5 nitrogen and oxygen atoms in total. The number of carboxylic acid groups (broad SMARTS) is 1. The molecule has 7 heteroatoms. The van der Waals surface area contributed by atoms with E-state index in [0.717, 1.165) is 4.47 Å². The minimum atomic E-state index is -0.791. The summed E-state index contributed by atoms with van der Waals surface area (Å²) in [5.74, 6) is -0.791. The molecular weight excluding hydrogens is 348 g/mol. The van der Waals surface area contributed by atoms with Gasteiger partial charge in [-0.3, -0.25) is 14.5 Å². The van der Waals surface area contributed by atoms with Gasteiger partial charge in [0, 0.05) is 17.6 Å². The quantitative estimate of drug-likeness (QED) is 0.845. The van der Waals surface area contributed by atoms with E-state index in [0.29, 0.717) is 23.8 Å². The van der Waals surface area contributed by atoms with Crippen molar-refractivity contribution in [2.45, 2.75) is 6.42 Å². The number of nitrogens with one attached hydrogen (secondary N) is 1. The molecular formula is C13H14BrClN2O3. The first-order valence-electron chi connectivity index (χ1n) is 6.13. The lowest BCUT2D eigenvalue weighted by Crippen LogP contribution is -2.50. The van der Waals surface area contributed by atoms with Crippen molar-refractivity contribution < 1.29 is 14.7 Å². The Balaban J connectivity index is 1.78. The molecule has 0 aromatic heterocycles. The molecule has 0 unspecified atom stereocenters. The fourth-order valence-corrected chi connectivity index (χ4v) is 2.89. The molecule has 0 saturated carbocycles. The minimum Gasteiger partial charge on any atom is -0.481 e. The molecule has 108 valence electrons. The van der Waals surface area contributed by atoms with Crippen molar-refractivity contribution >= 4 is 45.1 Å². The zero-order chi connectivity index (χ0) is 14.7. The molecule has 0 radical (unpaired) electrons. The normalized spacial score (nSPS) is 15.7. The van der Waals surface area contributed by atoms with Gasteiger partial charge in [-0.1, -0.05) is 27.5 Å². The maximum atomic E-state index is 11.8. The van der Waals surface area contributed by atoms with Gasteiger partial charge >= 0.3 is 5.97 Å². The molecule has 1 fully saturated rings. The van der Waals surface area contributed by atoms with Gasteiger partial charge in [0.15, 0.2) is 0 Å². The summed E-state index contributed by atoms with van der Waals surface area (Å²) in [5.41, 5.74) is 0.572. The Labute approximate surface area is 130 Å². The van der Waals surface area contributed by atoms with Gasteiger partial charge in [0.25, 0.3) is 0 Å². The van der Waals surface area contributed by atoms with Crippen LogP contribution in [0.4, 0.5) is 5.69 Å². The van der Waals surface area contributed by atoms with Crippen LogP contribution >= 0.6 is 27.5 Å². The molecule has 1 amide bonds. The van der Waals surface area contributed by atoms with E-state index in [1.54, 1.807) is 18.2 Å². The van der Waals surface area contributed by atoms with E-state index in [4.69, 9.17) is 16.7 Å². The van der Waals surface area contributed by atoms with Crippen molar-refractivity contribution in [1.82, 2.24) is 4.90 Å². The number of carboxylic acids is 1. The second-order valence-electron chi connectivity index (χ2n) is 4.83. The third kappa shape index (κ3) is 4.19. The molecule has 1 heterocycles. The second-order valence-corrected chi connectivity index (χ2v) is 6.15. The SMILES string of the molecule is O=C(O)CC1CN(CC(=O)Nc2ccc(Br)cc2Cl)C1. The zero-order valence-electron chi connectivity index (χ0n) is 10.6. The molecule has 1 aromatic carbocycles. The molecule has 1 aromatic rings. The first-order valence-corrected chi connectivity index (χ1v) is 7.30. The Morgan fingerprint density at radius 2 is 2.15 bits per heavy atom. The highest BCUT2D eigenvalue weighted by molar-refractivity contribution is 9.10. The van der Waals surface area contributed by atoms with Gasteiger partial charge in [-0.05, 0) is 24.1 Å². The molecule has 2 rings (SSSR count). The van der Waals surface area contributed by atoms with Crippen molar-refractivity contribution in [2.24, 2.45) is 5.92 Å². The van der Waals surface area contributed by atoms with Crippen LogP contribution in [0, 0.1) is 5.92 Å². The number of benzene rings is 1. The van der Waals surface area contributed by atoms with Crippen LogP contribution in [-0.2, 0) is 9.59 Å². The predicted octanol–water partition coefficient (Wildman–Crippen LogP) is 2.45. The third-order valence-electron chi connectivity index (χ3n) is 3.07. The first kappa shape index (κ1) is 15.3. The largest absolute Gasteiger partial charge is 0.481 e. The predicted molar refractivity (Wildman–Crippen MR) is 80.0 cm³/mol. The number of aliphatic carboxylic acids is 1. The number of halogens is 2. The fourth-order valence-electron chi connectivity index (χ4n) is 2.17. The van der Waals surface area contributed by atoms with Crippen LogP contribution in [-0.4, -0.2) is 41.5 Å². The summed E-state index contributed by atoms with van der Waals surface area (Å²) in [6.07, 6.45) is 0.163. The van der Waals surface area contributed by atoms with E-state index >= 15 is 0 Å². The van der Waals surface area contributed by atoms with Crippen LogP contribution in [0.2, 0.25) is 5.02 Å². The highest BCUT2D eigenvalue weighted by atomic mass is 79.9. The number of amides is 1. The molecule has 1 aliphatic rings. The number of likely N-dealkylation sites (tertiary alicyclic amines) is 1. The molecule has 2 N–H and O–H groups in total. The Kier molecular flexibility index (Phi) is 5.01. The Morgan fingerprint density at radius 1 is 1.45 bits per heavy atom. The molecule has 1 saturated heterocycles. The van der Waals surface area contributed by atoms with Gasteiger partial charge in [0.05, 0.1) is 23.7 Å². The average molecular weight is 362 g/mol. The number of hydrogen-bond donors (Lipinski definition) is 2. The number of hydrogen-bond acceptors (Lipinski definition) is 3.